The molecule has 6 heteroatoms. The summed E-state index contributed by atoms with van der Waals surface area (Å²) >= 11 is 0. The fraction of sp³-hybridized carbons (Fsp3) is 0.400. The molecule has 0 saturated heterocycles. The quantitative estimate of drug-likeness (QED) is 0.683. The molecule has 0 saturated carbocycles. The van der Waals surface area contributed by atoms with Crippen LogP contribution in [0, 0.1) is 0 Å². The fourth-order valence-corrected chi connectivity index (χ4v) is 2.48. The third-order valence-electron chi connectivity index (χ3n) is 3.49. The molecule has 0 spiro atoms. The molecule has 0 amide bonds. The molecule has 6 nitrogen and oxygen atoms in total. The number of anilines is 1. The van der Waals surface area contributed by atoms with Gasteiger partial charge < -0.3 is 14.9 Å². The lowest BCUT2D eigenvalue weighted by Gasteiger charge is -2.11. The number of aryl methyl sites for hydroxylation is 1. The van der Waals surface area contributed by atoms with E-state index in [0.717, 1.165) is 42.2 Å². The first-order valence-corrected chi connectivity index (χ1v) is 7.28. The molecule has 3 aromatic rings. The smallest absolute Gasteiger partial charge is 0.142 e. The van der Waals surface area contributed by atoms with E-state index in [1.165, 1.54) is 0 Å². The van der Waals surface area contributed by atoms with Crippen molar-refractivity contribution in [1.82, 2.24) is 24.5 Å². The van der Waals surface area contributed by atoms with Crippen molar-refractivity contribution in [2.45, 2.75) is 32.7 Å². The Morgan fingerprint density at radius 1 is 1.29 bits per heavy atom. The van der Waals surface area contributed by atoms with Gasteiger partial charge in [0.2, 0.25) is 0 Å². The number of rotatable bonds is 6. The first-order chi connectivity index (χ1) is 10.3. The van der Waals surface area contributed by atoms with Crippen LogP contribution in [0.4, 0.5) is 5.82 Å². The molecule has 0 atom stereocenters. The molecule has 0 aliphatic rings. The van der Waals surface area contributed by atoms with Gasteiger partial charge in [-0.05, 0) is 12.5 Å². The second-order valence-corrected chi connectivity index (χ2v) is 5.38. The van der Waals surface area contributed by atoms with Gasteiger partial charge in [0, 0.05) is 37.6 Å². The number of nitrogens with one attached hydrogen (secondary N) is 2. The molecule has 0 unspecified atom stereocenters. The summed E-state index contributed by atoms with van der Waals surface area (Å²) in [5.74, 6) is 2.48. The first kappa shape index (κ1) is 13.6. The zero-order valence-corrected chi connectivity index (χ0v) is 12.4. The second-order valence-electron chi connectivity index (χ2n) is 5.38. The van der Waals surface area contributed by atoms with E-state index in [0.29, 0.717) is 5.92 Å². The number of H-pyrrole nitrogens is 1. The second kappa shape index (κ2) is 5.95. The molecule has 21 heavy (non-hydrogen) atoms. The average Bonchev–Trinajstić information content (AvgIpc) is 3.12. The number of fused-ring (bicyclic) bond motifs is 1. The van der Waals surface area contributed by atoms with Gasteiger partial charge in [-0.15, -0.1) is 0 Å². The minimum absolute atomic E-state index is 0.453. The van der Waals surface area contributed by atoms with Crippen LogP contribution in [0.1, 0.15) is 32.0 Å². The third kappa shape index (κ3) is 2.89. The molecular formula is C15H20N6. The summed E-state index contributed by atoms with van der Waals surface area (Å²) in [6.45, 7) is 6.16. The van der Waals surface area contributed by atoms with E-state index in [9.17, 15) is 0 Å². The Morgan fingerprint density at radius 2 is 2.19 bits per heavy atom. The van der Waals surface area contributed by atoms with Crippen molar-refractivity contribution >= 4 is 16.9 Å². The van der Waals surface area contributed by atoms with Crippen LogP contribution in [0.3, 0.4) is 0 Å². The predicted octanol–water partition coefficient (Wildman–Crippen LogP) is 2.78. The molecule has 0 aromatic carbocycles. The van der Waals surface area contributed by atoms with E-state index in [4.69, 9.17) is 0 Å². The highest BCUT2D eigenvalue weighted by Gasteiger charge is 2.07. The lowest BCUT2D eigenvalue weighted by Crippen LogP contribution is -2.10. The van der Waals surface area contributed by atoms with Crippen LogP contribution < -0.4 is 5.32 Å². The molecule has 3 rings (SSSR count). The van der Waals surface area contributed by atoms with Crippen molar-refractivity contribution in [1.29, 1.82) is 0 Å². The Hall–Kier alpha value is -2.37. The minimum atomic E-state index is 0.453. The summed E-state index contributed by atoms with van der Waals surface area (Å²) in [6.07, 6.45) is 8.39. The molecule has 0 radical (unpaired) electrons. The lowest BCUT2D eigenvalue weighted by molar-refractivity contribution is 0.600. The van der Waals surface area contributed by atoms with Crippen molar-refractivity contribution in [2.75, 3.05) is 11.9 Å². The van der Waals surface area contributed by atoms with Gasteiger partial charge in [-0.2, -0.15) is 0 Å². The van der Waals surface area contributed by atoms with E-state index in [1.807, 2.05) is 24.7 Å². The molecule has 0 fully saturated rings. The number of aromatic nitrogens is 5. The van der Waals surface area contributed by atoms with Crippen molar-refractivity contribution in [3.05, 3.63) is 36.8 Å². The Kier molecular flexibility index (Phi) is 3.85. The molecule has 110 valence electrons. The number of aromatic amines is 1. The average molecular weight is 284 g/mol. The summed E-state index contributed by atoms with van der Waals surface area (Å²) in [7, 11) is 0. The summed E-state index contributed by atoms with van der Waals surface area (Å²) in [5, 5.41) is 4.41. The molecule has 0 bridgehead atoms. The zero-order chi connectivity index (χ0) is 14.7. The van der Waals surface area contributed by atoms with Crippen molar-refractivity contribution in [3.8, 4) is 0 Å². The minimum Gasteiger partial charge on any atom is -0.369 e. The molecule has 0 aliphatic carbocycles. The lowest BCUT2D eigenvalue weighted by atomic mass is 10.2. The highest BCUT2D eigenvalue weighted by atomic mass is 15.1. The van der Waals surface area contributed by atoms with Gasteiger partial charge in [-0.3, -0.25) is 0 Å². The first-order valence-electron chi connectivity index (χ1n) is 7.28. The summed E-state index contributed by atoms with van der Waals surface area (Å²) in [5.41, 5.74) is 0.865. The van der Waals surface area contributed by atoms with E-state index in [1.54, 1.807) is 6.33 Å². The van der Waals surface area contributed by atoms with Gasteiger partial charge in [-0.25, -0.2) is 15.0 Å². The van der Waals surface area contributed by atoms with Crippen LogP contribution in [0.5, 0.6) is 0 Å². The maximum absolute atomic E-state index is 4.40. The Bertz CT molecular complexity index is 712. The molecular weight excluding hydrogens is 264 g/mol. The van der Waals surface area contributed by atoms with Crippen LogP contribution in [-0.2, 0) is 6.54 Å². The highest BCUT2D eigenvalue weighted by molar-refractivity contribution is 5.86. The standard InChI is InChI=1S/C15H20N6/c1-11(2)15-18-7-9-21(15)8-3-5-16-13-12-4-6-17-14(12)20-10-19-13/h4,6-7,9-11H,3,5,8H2,1-2H3,(H2,16,17,19,20). The normalized spacial score (nSPS) is 11.4. The van der Waals surface area contributed by atoms with Gasteiger partial charge in [0.25, 0.3) is 0 Å². The van der Waals surface area contributed by atoms with Gasteiger partial charge in [-0.1, -0.05) is 13.8 Å². The maximum atomic E-state index is 4.40. The van der Waals surface area contributed by atoms with Crippen LogP contribution >= 0.6 is 0 Å². The van der Waals surface area contributed by atoms with Crippen molar-refractivity contribution in [3.63, 3.8) is 0 Å². The summed E-state index contributed by atoms with van der Waals surface area (Å²) < 4.78 is 2.22. The maximum Gasteiger partial charge on any atom is 0.142 e. The largest absolute Gasteiger partial charge is 0.369 e. The molecule has 2 N–H and O–H groups in total. The van der Waals surface area contributed by atoms with E-state index in [-0.39, 0.29) is 0 Å². The van der Waals surface area contributed by atoms with E-state index in [2.05, 4.69) is 43.7 Å². The molecule has 3 heterocycles. The van der Waals surface area contributed by atoms with Gasteiger partial charge in [0.15, 0.2) is 0 Å². The number of hydrogen-bond acceptors (Lipinski definition) is 4. The van der Waals surface area contributed by atoms with Crippen molar-refractivity contribution < 1.29 is 0 Å². The molecule has 3 aromatic heterocycles. The number of imidazole rings is 1. The zero-order valence-electron chi connectivity index (χ0n) is 12.4. The number of hydrogen-bond donors (Lipinski definition) is 2. The Morgan fingerprint density at radius 3 is 3.05 bits per heavy atom. The third-order valence-corrected chi connectivity index (χ3v) is 3.49. The van der Waals surface area contributed by atoms with E-state index >= 15 is 0 Å². The van der Waals surface area contributed by atoms with Crippen LogP contribution in [0.15, 0.2) is 31.0 Å². The van der Waals surface area contributed by atoms with Crippen LogP contribution in [-0.4, -0.2) is 31.0 Å². The summed E-state index contributed by atoms with van der Waals surface area (Å²) in [4.78, 5) is 16.0. The fourth-order valence-electron chi connectivity index (χ4n) is 2.48. The number of nitrogens with zero attached hydrogens (tertiary/aromatic N) is 4. The Labute approximate surface area is 123 Å². The van der Waals surface area contributed by atoms with Crippen LogP contribution in [0.2, 0.25) is 0 Å². The monoisotopic (exact) mass is 284 g/mol. The molecule has 0 aliphatic heterocycles. The van der Waals surface area contributed by atoms with Crippen molar-refractivity contribution in [2.24, 2.45) is 0 Å². The van der Waals surface area contributed by atoms with Crippen LogP contribution in [0.25, 0.3) is 11.0 Å². The van der Waals surface area contributed by atoms with Gasteiger partial charge >= 0.3 is 0 Å². The van der Waals surface area contributed by atoms with Gasteiger partial charge in [0.05, 0.1) is 5.39 Å². The summed E-state index contributed by atoms with van der Waals surface area (Å²) in [6, 6.07) is 1.99. The Balaban J connectivity index is 1.57. The highest BCUT2D eigenvalue weighted by Crippen LogP contribution is 2.17. The SMILES string of the molecule is CC(C)c1nccn1CCCNc1ncnc2[nH]ccc12. The van der Waals surface area contributed by atoms with Gasteiger partial charge in [0.1, 0.15) is 23.6 Å². The van der Waals surface area contributed by atoms with E-state index < -0.39 is 0 Å². The topological polar surface area (TPSA) is 71.4 Å². The predicted molar refractivity (Wildman–Crippen MR) is 83.3 cm³/mol.